The van der Waals surface area contributed by atoms with Gasteiger partial charge in [-0.15, -0.1) is 9.24 Å². The Morgan fingerprint density at radius 3 is 1.29 bits per heavy atom. The maximum Gasteiger partial charge on any atom is 0.188 e. The maximum absolute atomic E-state index is 6.33. The molecule has 214 valence electrons. The van der Waals surface area contributed by atoms with Crippen molar-refractivity contribution in [2.75, 3.05) is 27.8 Å². The summed E-state index contributed by atoms with van der Waals surface area (Å²) >= 11 is 0. The zero-order chi connectivity index (χ0) is 27.8. The summed E-state index contributed by atoms with van der Waals surface area (Å²) in [6, 6.07) is 9.45. The second-order valence-corrected chi connectivity index (χ2v) is 11.0. The molecule has 0 radical (unpaired) electrons. The van der Waals surface area contributed by atoms with Crippen molar-refractivity contribution >= 4 is 9.24 Å². The molecule has 38 heavy (non-hydrogen) atoms. The van der Waals surface area contributed by atoms with Gasteiger partial charge in [-0.05, 0) is 73.6 Å². The molecule has 0 saturated carbocycles. The molecule has 0 spiro atoms. The Balaban J connectivity index is 2.74. The lowest BCUT2D eigenvalue weighted by Crippen LogP contribution is -2.11. The second-order valence-electron chi connectivity index (χ2n) is 10.3. The predicted molar refractivity (Wildman–Crippen MR) is 164 cm³/mol. The summed E-state index contributed by atoms with van der Waals surface area (Å²) in [6.45, 7) is 9.48. The lowest BCUT2D eigenvalue weighted by atomic mass is 9.90. The van der Waals surface area contributed by atoms with Crippen LogP contribution < -0.4 is 9.47 Å². The SMILES string of the molecule is CCCCc1cc(CCCC)c(OCOC)c(C(P)c2cc(CCCC)cc(CCCC)c2OCOC)c1. The molecule has 2 aromatic rings. The van der Waals surface area contributed by atoms with E-state index in [0.29, 0.717) is 0 Å². The Morgan fingerprint density at radius 1 is 0.579 bits per heavy atom. The van der Waals surface area contributed by atoms with Crippen LogP contribution in [0.15, 0.2) is 24.3 Å². The number of ether oxygens (including phenoxy) is 4. The molecule has 0 fully saturated rings. The van der Waals surface area contributed by atoms with Crippen LogP contribution in [0.2, 0.25) is 0 Å². The van der Waals surface area contributed by atoms with Crippen LogP contribution in [0.25, 0.3) is 0 Å². The minimum atomic E-state index is 0.0256. The van der Waals surface area contributed by atoms with Crippen molar-refractivity contribution in [2.24, 2.45) is 0 Å². The molecule has 0 amide bonds. The highest BCUT2D eigenvalue weighted by Crippen LogP contribution is 2.45. The van der Waals surface area contributed by atoms with Crippen LogP contribution in [0.5, 0.6) is 11.5 Å². The van der Waals surface area contributed by atoms with Gasteiger partial charge < -0.3 is 18.9 Å². The fraction of sp³-hybridized carbons (Fsp3) is 0.636. The third kappa shape index (κ3) is 9.85. The van der Waals surface area contributed by atoms with Crippen molar-refractivity contribution < 1.29 is 18.9 Å². The first-order valence-corrected chi connectivity index (χ1v) is 15.5. The molecular weight excluding hydrogens is 491 g/mol. The molecule has 2 aromatic carbocycles. The topological polar surface area (TPSA) is 36.9 Å². The van der Waals surface area contributed by atoms with Crippen LogP contribution in [-0.4, -0.2) is 27.8 Å². The number of rotatable bonds is 20. The summed E-state index contributed by atoms with van der Waals surface area (Å²) < 4.78 is 23.4. The Hall–Kier alpha value is -1.61. The van der Waals surface area contributed by atoms with E-state index in [4.69, 9.17) is 18.9 Å². The molecule has 0 aliphatic heterocycles. The van der Waals surface area contributed by atoms with Gasteiger partial charge in [0.15, 0.2) is 13.6 Å². The number of unbranched alkanes of at least 4 members (excludes halogenated alkanes) is 4. The van der Waals surface area contributed by atoms with Gasteiger partial charge in [0.25, 0.3) is 0 Å². The minimum Gasteiger partial charge on any atom is -0.467 e. The van der Waals surface area contributed by atoms with Crippen LogP contribution in [0.3, 0.4) is 0 Å². The molecule has 0 heterocycles. The fourth-order valence-electron chi connectivity index (χ4n) is 4.94. The van der Waals surface area contributed by atoms with Crippen LogP contribution in [-0.2, 0) is 35.2 Å². The summed E-state index contributed by atoms with van der Waals surface area (Å²) in [5.41, 5.74) is 7.76. The fourth-order valence-corrected chi connectivity index (χ4v) is 5.43. The van der Waals surface area contributed by atoms with Crippen LogP contribution in [0.4, 0.5) is 0 Å². The number of hydrogen-bond acceptors (Lipinski definition) is 4. The van der Waals surface area contributed by atoms with Crippen molar-refractivity contribution in [1.29, 1.82) is 0 Å². The van der Waals surface area contributed by atoms with E-state index in [9.17, 15) is 0 Å². The van der Waals surface area contributed by atoms with E-state index < -0.39 is 0 Å². The number of aryl methyl sites for hydroxylation is 4. The third-order valence-electron chi connectivity index (χ3n) is 7.06. The van der Waals surface area contributed by atoms with Crippen molar-refractivity contribution in [1.82, 2.24) is 0 Å². The van der Waals surface area contributed by atoms with Crippen LogP contribution in [0.1, 0.15) is 118 Å². The second kappa shape index (κ2) is 18.6. The highest BCUT2D eigenvalue weighted by Gasteiger charge is 2.24. The van der Waals surface area contributed by atoms with Gasteiger partial charge in [-0.3, -0.25) is 0 Å². The molecule has 0 aromatic heterocycles. The van der Waals surface area contributed by atoms with E-state index in [2.05, 4.69) is 61.2 Å². The number of methoxy groups -OCH3 is 2. The smallest absolute Gasteiger partial charge is 0.188 e. The zero-order valence-corrected chi connectivity index (χ0v) is 26.2. The lowest BCUT2D eigenvalue weighted by Gasteiger charge is -2.25. The minimum absolute atomic E-state index is 0.0256. The molecule has 0 bridgehead atoms. The Kier molecular flexibility index (Phi) is 16.0. The van der Waals surface area contributed by atoms with Gasteiger partial charge in [0, 0.05) is 31.0 Å². The van der Waals surface area contributed by atoms with E-state index in [1.165, 1.54) is 59.1 Å². The van der Waals surface area contributed by atoms with Crippen molar-refractivity contribution in [3.05, 3.63) is 57.6 Å². The van der Waals surface area contributed by atoms with Gasteiger partial charge in [0.1, 0.15) is 11.5 Å². The highest BCUT2D eigenvalue weighted by molar-refractivity contribution is 7.17. The van der Waals surface area contributed by atoms with Crippen LogP contribution in [0, 0.1) is 0 Å². The maximum atomic E-state index is 6.33. The summed E-state index contributed by atoms with van der Waals surface area (Å²) in [5.74, 6) is 1.93. The van der Waals surface area contributed by atoms with Gasteiger partial charge in [-0.2, -0.15) is 0 Å². The molecule has 2 rings (SSSR count). The number of benzene rings is 2. The summed E-state index contributed by atoms with van der Waals surface area (Å²) in [6.07, 6.45) is 13.5. The Labute approximate surface area is 235 Å². The van der Waals surface area contributed by atoms with E-state index in [1.54, 1.807) is 14.2 Å². The highest BCUT2D eigenvalue weighted by atomic mass is 31.0. The van der Waals surface area contributed by atoms with Gasteiger partial charge in [0.2, 0.25) is 0 Å². The van der Waals surface area contributed by atoms with E-state index in [0.717, 1.165) is 62.9 Å². The molecule has 0 saturated heterocycles. The van der Waals surface area contributed by atoms with E-state index >= 15 is 0 Å². The van der Waals surface area contributed by atoms with E-state index in [-0.39, 0.29) is 19.2 Å². The first-order chi connectivity index (χ1) is 18.5. The van der Waals surface area contributed by atoms with Gasteiger partial charge >= 0.3 is 0 Å². The number of hydrogen-bond donors (Lipinski definition) is 0. The third-order valence-corrected chi connectivity index (χ3v) is 7.78. The quantitative estimate of drug-likeness (QED) is 0.123. The molecule has 4 nitrogen and oxygen atoms in total. The molecule has 5 heteroatoms. The summed E-state index contributed by atoms with van der Waals surface area (Å²) in [4.78, 5) is 0. The molecule has 0 aliphatic rings. The van der Waals surface area contributed by atoms with Gasteiger partial charge in [0.05, 0.1) is 0 Å². The molecular formula is C33H53O4P. The zero-order valence-electron chi connectivity index (χ0n) is 25.0. The van der Waals surface area contributed by atoms with Gasteiger partial charge in [-0.25, -0.2) is 0 Å². The Morgan fingerprint density at radius 2 is 0.947 bits per heavy atom. The molecule has 0 N–H and O–H groups in total. The molecule has 0 aliphatic carbocycles. The first kappa shape index (κ1) is 32.6. The van der Waals surface area contributed by atoms with Crippen molar-refractivity contribution in [2.45, 2.75) is 110 Å². The monoisotopic (exact) mass is 544 g/mol. The predicted octanol–water partition coefficient (Wildman–Crippen LogP) is 8.99. The standard InChI is InChI=1S/C33H53O4P/c1-7-11-15-25-19-27(17-13-9-3)31(36-23-34-5)29(21-25)33(38)30-22-26(16-12-8-2)20-28(18-14-10-4)32(30)37-24-35-6/h19-22,33H,7-18,23-24,38H2,1-6H3. The summed E-state index contributed by atoms with van der Waals surface area (Å²) in [7, 11) is 6.50. The lowest BCUT2D eigenvalue weighted by molar-refractivity contribution is 0.0489. The Bertz CT molecular complexity index is 868. The van der Waals surface area contributed by atoms with Crippen molar-refractivity contribution in [3.63, 3.8) is 0 Å². The van der Waals surface area contributed by atoms with Gasteiger partial charge in [-0.1, -0.05) is 77.6 Å². The van der Waals surface area contributed by atoms with Crippen LogP contribution >= 0.6 is 9.24 Å². The normalized spacial score (nSPS) is 11.4. The summed E-state index contributed by atoms with van der Waals surface area (Å²) in [5, 5.41) is 0. The van der Waals surface area contributed by atoms with Crippen molar-refractivity contribution in [3.8, 4) is 11.5 Å². The van der Waals surface area contributed by atoms with E-state index in [1.807, 2.05) is 0 Å². The first-order valence-electron chi connectivity index (χ1n) is 14.8. The largest absolute Gasteiger partial charge is 0.467 e. The average Bonchev–Trinajstić information content (AvgIpc) is 2.94. The average molecular weight is 545 g/mol. The molecule has 1 atom stereocenters. The molecule has 1 unspecified atom stereocenters.